The Morgan fingerprint density at radius 1 is 1.00 bits per heavy atom. The van der Waals surface area contributed by atoms with E-state index >= 15 is 0 Å². The molecule has 4 aromatic rings. The van der Waals surface area contributed by atoms with Crippen LogP contribution >= 0.6 is 0 Å². The minimum absolute atomic E-state index is 0.220. The van der Waals surface area contributed by atoms with Crippen LogP contribution in [0.5, 0.6) is 11.5 Å². The molecule has 1 fully saturated rings. The van der Waals surface area contributed by atoms with Gasteiger partial charge in [0.25, 0.3) is 5.91 Å². The van der Waals surface area contributed by atoms with E-state index in [1.807, 2.05) is 24.3 Å². The van der Waals surface area contributed by atoms with E-state index in [4.69, 9.17) is 15.2 Å². The molecular formula is C33H32F3N5O6. The van der Waals surface area contributed by atoms with Crippen LogP contribution in [-0.2, 0) is 19.1 Å². The Balaban J connectivity index is 1.41. The molecule has 14 heteroatoms. The van der Waals surface area contributed by atoms with Gasteiger partial charge >= 0.3 is 12.1 Å². The quantitative estimate of drug-likeness (QED) is 0.192. The number of alkyl halides is 3. The van der Waals surface area contributed by atoms with Crippen LogP contribution in [-0.4, -0.2) is 61.2 Å². The molecule has 1 aromatic heterocycles. The SMILES string of the molecule is COc1ccc(C(Nc2ccc3c(N)nccc3c2)C(=O)N2CCC[C@@H]2c2cccc(NC(=O)COC(=O)C(F)(F)F)c2)cc1OC. The van der Waals surface area contributed by atoms with Gasteiger partial charge in [-0.2, -0.15) is 13.2 Å². The van der Waals surface area contributed by atoms with Crippen molar-refractivity contribution in [3.8, 4) is 11.5 Å². The highest BCUT2D eigenvalue weighted by Crippen LogP contribution is 2.38. The maximum atomic E-state index is 14.4. The smallest absolute Gasteiger partial charge is 0.490 e. The molecular weight excluding hydrogens is 619 g/mol. The van der Waals surface area contributed by atoms with E-state index in [1.54, 1.807) is 53.6 Å². The number of hydrogen-bond acceptors (Lipinski definition) is 9. The predicted molar refractivity (Wildman–Crippen MR) is 168 cm³/mol. The summed E-state index contributed by atoms with van der Waals surface area (Å²) in [5, 5.41) is 7.44. The van der Waals surface area contributed by atoms with Crippen LogP contribution in [0, 0.1) is 0 Å². The number of ether oxygens (including phenoxy) is 3. The van der Waals surface area contributed by atoms with Crippen molar-refractivity contribution in [1.29, 1.82) is 0 Å². The number of pyridine rings is 1. The maximum absolute atomic E-state index is 14.4. The Labute approximate surface area is 267 Å². The average Bonchev–Trinajstić information content (AvgIpc) is 3.55. The number of halogens is 3. The van der Waals surface area contributed by atoms with Crippen LogP contribution in [0.4, 0.5) is 30.4 Å². The number of nitrogens with zero attached hydrogens (tertiary/aromatic N) is 2. The molecule has 0 saturated carbocycles. The second-order valence-electron chi connectivity index (χ2n) is 10.8. The lowest BCUT2D eigenvalue weighted by atomic mass is 10.0. The van der Waals surface area contributed by atoms with E-state index in [0.29, 0.717) is 53.5 Å². The minimum atomic E-state index is -5.21. The fraction of sp³-hybridized carbons (Fsp3) is 0.273. The predicted octanol–water partition coefficient (Wildman–Crippen LogP) is 5.40. The summed E-state index contributed by atoms with van der Waals surface area (Å²) in [4.78, 5) is 43.5. The van der Waals surface area contributed by atoms with Crippen LogP contribution in [0.2, 0.25) is 0 Å². The van der Waals surface area contributed by atoms with Crippen LogP contribution < -0.4 is 25.8 Å². The lowest BCUT2D eigenvalue weighted by Crippen LogP contribution is -2.37. The second kappa shape index (κ2) is 13.8. The number of nitrogens with one attached hydrogen (secondary N) is 2. The Morgan fingerprint density at radius 2 is 1.79 bits per heavy atom. The van der Waals surface area contributed by atoms with E-state index in [1.165, 1.54) is 14.2 Å². The zero-order valence-electron chi connectivity index (χ0n) is 25.5. The number of likely N-dealkylation sites (tertiary alicyclic amines) is 1. The zero-order chi connectivity index (χ0) is 33.7. The van der Waals surface area contributed by atoms with Gasteiger partial charge in [0.05, 0.1) is 20.3 Å². The third-order valence-corrected chi connectivity index (χ3v) is 7.75. The molecule has 2 atom stereocenters. The molecule has 4 N–H and O–H groups in total. The molecule has 0 spiro atoms. The van der Waals surface area contributed by atoms with Crippen molar-refractivity contribution in [2.75, 3.05) is 43.7 Å². The van der Waals surface area contributed by atoms with Crippen molar-refractivity contribution in [3.63, 3.8) is 0 Å². The van der Waals surface area contributed by atoms with Crippen LogP contribution in [0.3, 0.4) is 0 Å². The molecule has 1 aliphatic rings. The lowest BCUT2D eigenvalue weighted by molar-refractivity contribution is -0.199. The van der Waals surface area contributed by atoms with Crippen molar-refractivity contribution in [3.05, 3.63) is 84.1 Å². The molecule has 0 bridgehead atoms. The standard InChI is InChI=1S/C33H32F3N5O6/c1-45-26-11-8-21(17-27(26)46-2)29(40-23-9-10-24-19(15-23)12-13-38-30(24)37)31(43)41-14-4-7-25(41)20-5-3-6-22(16-20)39-28(42)18-47-32(44)33(34,35)36/h3,5-6,8-13,15-17,25,29,40H,4,7,14,18H2,1-2H3,(H2,37,38)(H,39,42)/t25-,29?/m1/s1. The first-order chi connectivity index (χ1) is 22.5. The summed E-state index contributed by atoms with van der Waals surface area (Å²) < 4.78 is 52.2. The van der Waals surface area contributed by atoms with E-state index < -0.39 is 30.7 Å². The number of methoxy groups -OCH3 is 2. The molecule has 11 nitrogen and oxygen atoms in total. The van der Waals surface area contributed by atoms with Crippen molar-refractivity contribution >= 4 is 45.7 Å². The summed E-state index contributed by atoms with van der Waals surface area (Å²) in [6.45, 7) is -0.647. The van der Waals surface area contributed by atoms with E-state index in [-0.39, 0.29) is 17.6 Å². The van der Waals surface area contributed by atoms with E-state index in [2.05, 4.69) is 20.4 Å². The van der Waals surface area contributed by atoms with Gasteiger partial charge in [-0.15, -0.1) is 0 Å². The number of aromatic nitrogens is 1. The minimum Gasteiger partial charge on any atom is -0.493 e. The lowest BCUT2D eigenvalue weighted by Gasteiger charge is -2.31. The summed E-state index contributed by atoms with van der Waals surface area (Å²) in [5.74, 6) is -2.27. The topological polar surface area (TPSA) is 145 Å². The summed E-state index contributed by atoms with van der Waals surface area (Å²) in [5.41, 5.74) is 8.32. The van der Waals surface area contributed by atoms with E-state index in [9.17, 15) is 27.6 Å². The van der Waals surface area contributed by atoms with Crippen LogP contribution in [0.1, 0.15) is 36.1 Å². The molecule has 246 valence electrons. The molecule has 0 radical (unpaired) electrons. The molecule has 47 heavy (non-hydrogen) atoms. The van der Waals surface area contributed by atoms with Gasteiger partial charge in [-0.25, -0.2) is 9.78 Å². The summed E-state index contributed by atoms with van der Waals surface area (Å²) >= 11 is 0. The molecule has 2 amide bonds. The number of carbonyl (C=O) groups is 3. The van der Waals surface area contributed by atoms with Gasteiger partial charge in [-0.05, 0) is 77.9 Å². The molecule has 1 saturated heterocycles. The van der Waals surface area contributed by atoms with Crippen molar-refractivity contribution < 1.29 is 41.8 Å². The largest absolute Gasteiger partial charge is 0.493 e. The number of hydrogen-bond donors (Lipinski definition) is 3. The monoisotopic (exact) mass is 651 g/mol. The van der Waals surface area contributed by atoms with Gasteiger partial charge in [-0.1, -0.05) is 18.2 Å². The number of nitrogen functional groups attached to an aromatic ring is 1. The fourth-order valence-electron chi connectivity index (χ4n) is 5.55. The highest BCUT2D eigenvalue weighted by Gasteiger charge is 2.41. The molecule has 2 heterocycles. The maximum Gasteiger partial charge on any atom is 0.490 e. The van der Waals surface area contributed by atoms with Crippen molar-refractivity contribution in [1.82, 2.24) is 9.88 Å². The Hall–Kier alpha value is -5.53. The van der Waals surface area contributed by atoms with Gasteiger partial charge in [0.1, 0.15) is 11.9 Å². The molecule has 1 unspecified atom stereocenters. The van der Waals surface area contributed by atoms with Gasteiger partial charge < -0.3 is 35.5 Å². The number of nitrogens with two attached hydrogens (primary N) is 1. The Morgan fingerprint density at radius 3 is 2.53 bits per heavy atom. The second-order valence-corrected chi connectivity index (χ2v) is 10.8. The summed E-state index contributed by atoms with van der Waals surface area (Å²) in [6.07, 6.45) is -2.25. The number of esters is 1. The van der Waals surface area contributed by atoms with Gasteiger partial charge in [0, 0.05) is 29.5 Å². The van der Waals surface area contributed by atoms with E-state index in [0.717, 1.165) is 10.8 Å². The number of benzene rings is 3. The number of anilines is 3. The highest BCUT2D eigenvalue weighted by molar-refractivity contribution is 5.95. The third kappa shape index (κ3) is 7.48. The first kappa shape index (κ1) is 32.9. The first-order valence-electron chi connectivity index (χ1n) is 14.6. The van der Waals surface area contributed by atoms with Crippen molar-refractivity contribution in [2.24, 2.45) is 0 Å². The van der Waals surface area contributed by atoms with Crippen LogP contribution in [0.25, 0.3) is 10.8 Å². The van der Waals surface area contributed by atoms with Gasteiger partial charge in [-0.3, -0.25) is 9.59 Å². The summed E-state index contributed by atoms with van der Waals surface area (Å²) in [6, 6.07) is 18.0. The highest BCUT2D eigenvalue weighted by atomic mass is 19.4. The summed E-state index contributed by atoms with van der Waals surface area (Å²) in [7, 11) is 3.03. The molecule has 3 aromatic carbocycles. The number of rotatable bonds is 10. The van der Waals surface area contributed by atoms with Crippen LogP contribution in [0.15, 0.2) is 72.9 Å². The molecule has 5 rings (SSSR count). The molecule has 1 aliphatic heterocycles. The number of carbonyl (C=O) groups excluding carboxylic acids is 3. The van der Waals surface area contributed by atoms with Crippen molar-refractivity contribution in [2.45, 2.75) is 31.1 Å². The third-order valence-electron chi connectivity index (χ3n) is 7.75. The van der Waals surface area contributed by atoms with Gasteiger partial charge in [0.15, 0.2) is 18.1 Å². The number of amides is 2. The Bertz CT molecular complexity index is 1800. The normalized spacial score (nSPS) is 15.2. The van der Waals surface area contributed by atoms with Gasteiger partial charge in [0.2, 0.25) is 5.91 Å². The number of fused-ring (bicyclic) bond motifs is 1. The first-order valence-corrected chi connectivity index (χ1v) is 14.6. The molecule has 0 aliphatic carbocycles. The average molecular weight is 652 g/mol. The zero-order valence-corrected chi connectivity index (χ0v) is 25.5. The fourth-order valence-corrected chi connectivity index (χ4v) is 5.55. The Kier molecular flexibility index (Phi) is 9.68.